The van der Waals surface area contributed by atoms with Gasteiger partial charge in [-0.05, 0) is 30.7 Å². The molecule has 1 aliphatic rings. The Balaban J connectivity index is 2.05. The number of benzene rings is 1. The van der Waals surface area contributed by atoms with Gasteiger partial charge >= 0.3 is 5.97 Å². The van der Waals surface area contributed by atoms with Crippen LogP contribution in [0.5, 0.6) is 0 Å². The predicted octanol–water partition coefficient (Wildman–Crippen LogP) is 1.19. The fraction of sp³-hybridized carbons (Fsp3) is 0.357. The number of rotatable bonds is 2. The first-order valence-electron chi connectivity index (χ1n) is 6.03. The zero-order valence-electron chi connectivity index (χ0n) is 10.6. The van der Waals surface area contributed by atoms with E-state index in [-0.39, 0.29) is 17.8 Å². The van der Waals surface area contributed by atoms with Crippen LogP contribution in [0.3, 0.4) is 0 Å². The van der Waals surface area contributed by atoms with Crippen molar-refractivity contribution in [1.82, 2.24) is 4.90 Å². The molecule has 0 radical (unpaired) electrons. The molecule has 5 nitrogen and oxygen atoms in total. The molecule has 0 N–H and O–H groups in total. The van der Waals surface area contributed by atoms with E-state index in [0.29, 0.717) is 30.6 Å². The van der Waals surface area contributed by atoms with Gasteiger partial charge in [0.25, 0.3) is 5.91 Å². The smallest absolute Gasteiger partial charge is 0.310 e. The van der Waals surface area contributed by atoms with Crippen molar-refractivity contribution >= 4 is 11.9 Å². The average Bonchev–Trinajstić information content (AvgIpc) is 2.95. The largest absolute Gasteiger partial charge is 0.469 e. The second kappa shape index (κ2) is 5.53. The van der Waals surface area contributed by atoms with Gasteiger partial charge in [0.15, 0.2) is 0 Å². The maximum absolute atomic E-state index is 12.2. The standard InChI is InChI=1S/C14H14N2O3/c1-19-14(18)12-6-7-16(9-12)13(17)11-4-2-10(8-15)3-5-11/h2-5,12H,6-7,9H2,1H3. The lowest BCUT2D eigenvalue weighted by Gasteiger charge is -2.16. The Bertz CT molecular complexity index is 531. The van der Waals surface area contributed by atoms with Gasteiger partial charge in [-0.2, -0.15) is 5.26 Å². The molecule has 1 saturated heterocycles. The van der Waals surface area contributed by atoms with Gasteiger partial charge in [0.1, 0.15) is 0 Å². The lowest BCUT2D eigenvalue weighted by atomic mass is 10.1. The summed E-state index contributed by atoms with van der Waals surface area (Å²) in [5.41, 5.74) is 1.05. The molecule has 1 fully saturated rings. The molecule has 0 aliphatic carbocycles. The van der Waals surface area contributed by atoms with E-state index in [4.69, 9.17) is 5.26 Å². The quantitative estimate of drug-likeness (QED) is 0.747. The minimum absolute atomic E-state index is 0.115. The van der Waals surface area contributed by atoms with Crippen LogP contribution in [-0.2, 0) is 9.53 Å². The molecule has 98 valence electrons. The highest BCUT2D eigenvalue weighted by atomic mass is 16.5. The van der Waals surface area contributed by atoms with Crippen LogP contribution in [0.15, 0.2) is 24.3 Å². The zero-order valence-corrected chi connectivity index (χ0v) is 10.6. The molecule has 1 atom stereocenters. The lowest BCUT2D eigenvalue weighted by molar-refractivity contribution is -0.144. The molecule has 19 heavy (non-hydrogen) atoms. The topological polar surface area (TPSA) is 70.4 Å². The van der Waals surface area contributed by atoms with Crippen LogP contribution in [0.4, 0.5) is 0 Å². The van der Waals surface area contributed by atoms with Gasteiger partial charge < -0.3 is 9.64 Å². The molecule has 2 rings (SSSR count). The number of nitriles is 1. The number of esters is 1. The van der Waals surface area contributed by atoms with Crippen LogP contribution >= 0.6 is 0 Å². The van der Waals surface area contributed by atoms with Gasteiger partial charge in [-0.15, -0.1) is 0 Å². The van der Waals surface area contributed by atoms with Crippen molar-refractivity contribution in [2.24, 2.45) is 5.92 Å². The van der Waals surface area contributed by atoms with E-state index >= 15 is 0 Å². The maximum Gasteiger partial charge on any atom is 0.310 e. The van der Waals surface area contributed by atoms with E-state index < -0.39 is 0 Å². The van der Waals surface area contributed by atoms with Gasteiger partial charge in [-0.3, -0.25) is 9.59 Å². The van der Waals surface area contributed by atoms with Crippen molar-refractivity contribution in [2.75, 3.05) is 20.2 Å². The molecule has 0 bridgehead atoms. The van der Waals surface area contributed by atoms with E-state index in [1.165, 1.54) is 7.11 Å². The molecule has 1 amide bonds. The maximum atomic E-state index is 12.2. The summed E-state index contributed by atoms with van der Waals surface area (Å²) in [6.07, 6.45) is 0.634. The van der Waals surface area contributed by atoms with E-state index in [1.54, 1.807) is 29.2 Å². The molecule has 5 heteroatoms. The Kier molecular flexibility index (Phi) is 3.81. The first-order chi connectivity index (χ1) is 9.15. The summed E-state index contributed by atoms with van der Waals surface area (Å²) < 4.78 is 4.69. The molecule has 1 aliphatic heterocycles. The molecule has 0 aromatic heterocycles. The third-order valence-corrected chi connectivity index (χ3v) is 3.27. The van der Waals surface area contributed by atoms with Gasteiger partial charge in [0.2, 0.25) is 0 Å². The van der Waals surface area contributed by atoms with Crippen LogP contribution in [0.2, 0.25) is 0 Å². The summed E-state index contributed by atoms with van der Waals surface area (Å²) in [5.74, 6) is -0.613. The van der Waals surface area contributed by atoms with E-state index in [9.17, 15) is 9.59 Å². The predicted molar refractivity (Wildman–Crippen MR) is 67.2 cm³/mol. The SMILES string of the molecule is COC(=O)C1CCN(C(=O)c2ccc(C#N)cc2)C1. The second-order valence-electron chi connectivity index (χ2n) is 4.45. The highest BCUT2D eigenvalue weighted by Gasteiger charge is 2.31. The van der Waals surface area contributed by atoms with Gasteiger partial charge in [0.05, 0.1) is 24.7 Å². The Morgan fingerprint density at radius 1 is 1.37 bits per heavy atom. The first kappa shape index (κ1) is 13.1. The van der Waals surface area contributed by atoms with Crippen molar-refractivity contribution in [2.45, 2.75) is 6.42 Å². The summed E-state index contributed by atoms with van der Waals surface area (Å²) in [4.78, 5) is 25.2. The number of amides is 1. The Hall–Kier alpha value is -2.35. The highest BCUT2D eigenvalue weighted by Crippen LogP contribution is 2.20. The van der Waals surface area contributed by atoms with Crippen molar-refractivity contribution in [3.8, 4) is 6.07 Å². The summed E-state index contributed by atoms with van der Waals surface area (Å²) in [6.45, 7) is 0.949. The van der Waals surface area contributed by atoms with Crippen molar-refractivity contribution in [1.29, 1.82) is 5.26 Å². The summed E-state index contributed by atoms with van der Waals surface area (Å²) in [6, 6.07) is 8.49. The molecule has 1 aromatic rings. The molecule has 1 heterocycles. The average molecular weight is 258 g/mol. The second-order valence-corrected chi connectivity index (χ2v) is 4.45. The third kappa shape index (κ3) is 2.74. The van der Waals surface area contributed by atoms with Gasteiger partial charge in [0, 0.05) is 18.7 Å². The number of hydrogen-bond donors (Lipinski definition) is 0. The molecule has 1 aromatic carbocycles. The zero-order chi connectivity index (χ0) is 13.8. The van der Waals surface area contributed by atoms with Crippen LogP contribution in [0.25, 0.3) is 0 Å². The number of nitrogens with zero attached hydrogens (tertiary/aromatic N) is 2. The number of carbonyl (C=O) groups is 2. The fourth-order valence-corrected chi connectivity index (χ4v) is 2.17. The summed E-state index contributed by atoms with van der Waals surface area (Å²) in [7, 11) is 1.35. The number of likely N-dealkylation sites (tertiary alicyclic amines) is 1. The van der Waals surface area contributed by atoms with E-state index in [0.717, 1.165) is 0 Å². The van der Waals surface area contributed by atoms with Crippen molar-refractivity contribution in [3.05, 3.63) is 35.4 Å². The highest BCUT2D eigenvalue weighted by molar-refractivity contribution is 5.95. The number of ether oxygens (including phenoxy) is 1. The van der Waals surface area contributed by atoms with Crippen LogP contribution in [-0.4, -0.2) is 37.0 Å². The Morgan fingerprint density at radius 3 is 2.63 bits per heavy atom. The molecule has 1 unspecified atom stereocenters. The molecule has 0 saturated carbocycles. The van der Waals surface area contributed by atoms with Gasteiger partial charge in [-0.1, -0.05) is 0 Å². The molecule has 0 spiro atoms. The van der Waals surface area contributed by atoms with Crippen LogP contribution < -0.4 is 0 Å². The number of hydrogen-bond acceptors (Lipinski definition) is 4. The minimum Gasteiger partial charge on any atom is -0.469 e. The normalized spacial score (nSPS) is 17.9. The summed E-state index contributed by atoms with van der Waals surface area (Å²) in [5, 5.41) is 8.70. The Labute approximate surface area is 111 Å². The van der Waals surface area contributed by atoms with E-state index in [2.05, 4.69) is 4.74 Å². The van der Waals surface area contributed by atoms with Gasteiger partial charge in [-0.25, -0.2) is 0 Å². The third-order valence-electron chi connectivity index (χ3n) is 3.27. The lowest BCUT2D eigenvalue weighted by Crippen LogP contribution is -2.30. The van der Waals surface area contributed by atoms with Crippen LogP contribution in [0, 0.1) is 17.2 Å². The minimum atomic E-state index is -0.268. The molecular formula is C14H14N2O3. The van der Waals surface area contributed by atoms with Crippen LogP contribution in [0.1, 0.15) is 22.3 Å². The Morgan fingerprint density at radius 2 is 2.05 bits per heavy atom. The monoisotopic (exact) mass is 258 g/mol. The number of carbonyl (C=O) groups excluding carboxylic acids is 2. The fourth-order valence-electron chi connectivity index (χ4n) is 2.17. The van der Waals surface area contributed by atoms with Crippen molar-refractivity contribution in [3.63, 3.8) is 0 Å². The molecular weight excluding hydrogens is 244 g/mol. The van der Waals surface area contributed by atoms with Crippen molar-refractivity contribution < 1.29 is 14.3 Å². The first-order valence-corrected chi connectivity index (χ1v) is 6.03. The van der Waals surface area contributed by atoms with E-state index in [1.807, 2.05) is 6.07 Å². The summed E-state index contributed by atoms with van der Waals surface area (Å²) >= 11 is 0. The number of methoxy groups -OCH3 is 1.